The van der Waals surface area contributed by atoms with Gasteiger partial charge in [0, 0.05) is 26.7 Å². The Bertz CT molecular complexity index is 1210. The van der Waals surface area contributed by atoms with Gasteiger partial charge in [-0.3, -0.25) is 4.90 Å². The highest BCUT2D eigenvalue weighted by Gasteiger charge is 2.23. The molecule has 3 aromatic carbocycles. The minimum Gasteiger partial charge on any atom is -0.435 e. The molecule has 0 aliphatic rings. The predicted molar refractivity (Wildman–Crippen MR) is 133 cm³/mol. The first-order valence-corrected chi connectivity index (χ1v) is 11.5. The summed E-state index contributed by atoms with van der Waals surface area (Å²) in [6.07, 6.45) is -0.663. The number of para-hydroxylation sites is 2. The van der Waals surface area contributed by atoms with E-state index in [4.69, 9.17) is 14.6 Å². The molecule has 1 N–H and O–H groups in total. The SMILES string of the molecule is COCC(O)CN(Cc1ccccc1)Cc1c(C)nn(-c2ccccc2)c1Oc1ccccc1F. The summed E-state index contributed by atoms with van der Waals surface area (Å²) in [7, 11) is 1.57. The molecule has 0 aliphatic heterocycles. The first-order chi connectivity index (χ1) is 17.0. The molecule has 0 spiro atoms. The lowest BCUT2D eigenvalue weighted by atomic mass is 10.1. The summed E-state index contributed by atoms with van der Waals surface area (Å²) in [5.41, 5.74) is 3.50. The van der Waals surface area contributed by atoms with Crippen LogP contribution in [0.1, 0.15) is 16.8 Å². The van der Waals surface area contributed by atoms with Crippen molar-refractivity contribution in [1.82, 2.24) is 14.7 Å². The van der Waals surface area contributed by atoms with Crippen molar-refractivity contribution in [2.45, 2.75) is 26.1 Å². The first-order valence-electron chi connectivity index (χ1n) is 11.5. The van der Waals surface area contributed by atoms with Crippen LogP contribution in [0, 0.1) is 12.7 Å². The van der Waals surface area contributed by atoms with Gasteiger partial charge in [-0.15, -0.1) is 0 Å². The largest absolute Gasteiger partial charge is 0.435 e. The number of aryl methyl sites for hydroxylation is 1. The van der Waals surface area contributed by atoms with Gasteiger partial charge in [0.25, 0.3) is 0 Å². The van der Waals surface area contributed by atoms with Crippen LogP contribution in [0.4, 0.5) is 4.39 Å². The molecule has 4 aromatic rings. The van der Waals surface area contributed by atoms with E-state index in [2.05, 4.69) is 4.90 Å². The number of aliphatic hydroxyl groups excluding tert-OH is 1. The average molecular weight is 476 g/mol. The number of aromatic nitrogens is 2. The molecule has 182 valence electrons. The van der Waals surface area contributed by atoms with Crippen LogP contribution in [0.25, 0.3) is 5.69 Å². The van der Waals surface area contributed by atoms with Gasteiger partial charge in [0.1, 0.15) is 0 Å². The highest BCUT2D eigenvalue weighted by Crippen LogP contribution is 2.33. The Morgan fingerprint density at radius 2 is 1.60 bits per heavy atom. The number of aliphatic hydroxyl groups is 1. The fraction of sp³-hybridized carbons (Fsp3) is 0.250. The third-order valence-corrected chi connectivity index (χ3v) is 5.64. The fourth-order valence-corrected chi connectivity index (χ4v) is 3.99. The molecule has 4 rings (SSSR count). The minimum atomic E-state index is -0.663. The standard InChI is InChI=1S/C28H30FN3O3/c1-21-25(19-31(18-24(33)20-34-2)17-22-11-5-3-6-12-22)28(35-27-16-10-9-15-26(27)29)32(30-21)23-13-7-4-8-14-23/h3-16,24,33H,17-20H2,1-2H3. The lowest BCUT2D eigenvalue weighted by Gasteiger charge is -2.25. The summed E-state index contributed by atoms with van der Waals surface area (Å²) in [5.74, 6) is 0.117. The van der Waals surface area contributed by atoms with E-state index in [-0.39, 0.29) is 12.4 Å². The van der Waals surface area contributed by atoms with Crippen molar-refractivity contribution in [3.63, 3.8) is 0 Å². The molecule has 1 atom stereocenters. The minimum absolute atomic E-state index is 0.125. The van der Waals surface area contributed by atoms with E-state index >= 15 is 0 Å². The molecular formula is C28H30FN3O3. The van der Waals surface area contributed by atoms with E-state index < -0.39 is 11.9 Å². The average Bonchev–Trinajstić information content (AvgIpc) is 3.16. The molecule has 0 bridgehead atoms. The third-order valence-electron chi connectivity index (χ3n) is 5.64. The number of hydrogen-bond acceptors (Lipinski definition) is 5. The second-order valence-electron chi connectivity index (χ2n) is 8.41. The molecule has 0 aliphatic carbocycles. The van der Waals surface area contributed by atoms with Crippen molar-refractivity contribution in [3.8, 4) is 17.3 Å². The van der Waals surface area contributed by atoms with Crippen LogP contribution in [0.3, 0.4) is 0 Å². The Morgan fingerprint density at radius 3 is 2.29 bits per heavy atom. The molecule has 1 aromatic heterocycles. The fourth-order valence-electron chi connectivity index (χ4n) is 3.99. The maximum atomic E-state index is 14.5. The zero-order valence-electron chi connectivity index (χ0n) is 20.0. The quantitative estimate of drug-likeness (QED) is 0.326. The predicted octanol–water partition coefficient (Wildman–Crippen LogP) is 5.12. The third kappa shape index (κ3) is 6.33. The Labute approximate surface area is 205 Å². The topological polar surface area (TPSA) is 59.8 Å². The zero-order valence-corrected chi connectivity index (χ0v) is 20.0. The van der Waals surface area contributed by atoms with Crippen LogP contribution in [-0.2, 0) is 17.8 Å². The molecular weight excluding hydrogens is 445 g/mol. The van der Waals surface area contributed by atoms with E-state index in [0.29, 0.717) is 25.5 Å². The van der Waals surface area contributed by atoms with Gasteiger partial charge >= 0.3 is 0 Å². The summed E-state index contributed by atoms with van der Waals surface area (Å²) in [5, 5.41) is 15.2. The second kappa shape index (κ2) is 11.8. The number of nitrogens with zero attached hydrogens (tertiary/aromatic N) is 3. The van der Waals surface area contributed by atoms with Gasteiger partial charge in [0.2, 0.25) is 5.88 Å². The molecule has 0 saturated carbocycles. The Kier molecular flexibility index (Phi) is 8.26. The van der Waals surface area contributed by atoms with E-state index in [9.17, 15) is 9.50 Å². The smallest absolute Gasteiger partial charge is 0.227 e. The van der Waals surface area contributed by atoms with Crippen LogP contribution in [0.15, 0.2) is 84.9 Å². The van der Waals surface area contributed by atoms with Gasteiger partial charge < -0.3 is 14.6 Å². The highest BCUT2D eigenvalue weighted by atomic mass is 19.1. The van der Waals surface area contributed by atoms with Gasteiger partial charge in [-0.1, -0.05) is 60.7 Å². The lowest BCUT2D eigenvalue weighted by molar-refractivity contribution is 0.0336. The molecule has 0 amide bonds. The van der Waals surface area contributed by atoms with Crippen molar-refractivity contribution in [3.05, 3.63) is 108 Å². The van der Waals surface area contributed by atoms with E-state index in [0.717, 1.165) is 22.5 Å². The molecule has 6 nitrogen and oxygen atoms in total. The van der Waals surface area contributed by atoms with Crippen LogP contribution >= 0.6 is 0 Å². The van der Waals surface area contributed by atoms with Crippen molar-refractivity contribution in [1.29, 1.82) is 0 Å². The highest BCUT2D eigenvalue weighted by molar-refractivity contribution is 5.43. The summed E-state index contributed by atoms with van der Waals surface area (Å²) in [4.78, 5) is 2.12. The van der Waals surface area contributed by atoms with Crippen molar-refractivity contribution < 1.29 is 19.0 Å². The molecule has 0 saturated heterocycles. The van der Waals surface area contributed by atoms with Gasteiger partial charge in [-0.25, -0.2) is 9.07 Å². The second-order valence-corrected chi connectivity index (χ2v) is 8.41. The summed E-state index contributed by atoms with van der Waals surface area (Å²) in [6.45, 7) is 3.58. The molecule has 0 fully saturated rings. The monoisotopic (exact) mass is 475 g/mol. The van der Waals surface area contributed by atoms with Crippen molar-refractivity contribution in [2.24, 2.45) is 0 Å². The van der Waals surface area contributed by atoms with E-state index in [1.807, 2.05) is 67.6 Å². The van der Waals surface area contributed by atoms with Crippen LogP contribution < -0.4 is 4.74 Å². The number of ether oxygens (including phenoxy) is 2. The summed E-state index contributed by atoms with van der Waals surface area (Å²) < 4.78 is 27.5. The number of benzene rings is 3. The summed E-state index contributed by atoms with van der Waals surface area (Å²) in [6, 6.07) is 26.0. The molecule has 1 heterocycles. The van der Waals surface area contributed by atoms with Gasteiger partial charge in [0.15, 0.2) is 11.6 Å². The Hall–Kier alpha value is -3.52. The normalized spacial score (nSPS) is 12.1. The number of halogens is 1. The Morgan fingerprint density at radius 1 is 0.943 bits per heavy atom. The van der Waals surface area contributed by atoms with Crippen LogP contribution in [0.5, 0.6) is 11.6 Å². The van der Waals surface area contributed by atoms with Crippen LogP contribution in [0.2, 0.25) is 0 Å². The maximum Gasteiger partial charge on any atom is 0.227 e. The van der Waals surface area contributed by atoms with Gasteiger partial charge in [-0.05, 0) is 36.8 Å². The lowest BCUT2D eigenvalue weighted by Crippen LogP contribution is -2.34. The molecule has 35 heavy (non-hydrogen) atoms. The Balaban J connectivity index is 1.72. The van der Waals surface area contributed by atoms with E-state index in [1.54, 1.807) is 30.0 Å². The maximum absolute atomic E-state index is 14.5. The zero-order chi connectivity index (χ0) is 24.6. The number of methoxy groups -OCH3 is 1. The van der Waals surface area contributed by atoms with Crippen molar-refractivity contribution in [2.75, 3.05) is 20.3 Å². The molecule has 1 unspecified atom stereocenters. The number of rotatable bonds is 11. The van der Waals surface area contributed by atoms with Gasteiger partial charge in [0.05, 0.1) is 29.7 Å². The first kappa shape index (κ1) is 24.6. The van der Waals surface area contributed by atoms with E-state index in [1.165, 1.54) is 6.07 Å². The van der Waals surface area contributed by atoms with Gasteiger partial charge in [-0.2, -0.15) is 5.10 Å². The van der Waals surface area contributed by atoms with Crippen LogP contribution in [-0.4, -0.2) is 46.2 Å². The number of hydrogen-bond donors (Lipinski definition) is 1. The molecule has 0 radical (unpaired) electrons. The summed E-state index contributed by atoms with van der Waals surface area (Å²) >= 11 is 0. The molecule has 7 heteroatoms. The van der Waals surface area contributed by atoms with Crippen molar-refractivity contribution >= 4 is 0 Å².